The number of carbonyl (C=O) groups is 2. The van der Waals surface area contributed by atoms with E-state index in [1.807, 2.05) is 6.07 Å². The van der Waals surface area contributed by atoms with Gasteiger partial charge in [-0.25, -0.2) is 0 Å². The van der Waals surface area contributed by atoms with Crippen LogP contribution in [-0.2, 0) is 4.79 Å². The molecule has 1 aromatic carbocycles. The van der Waals surface area contributed by atoms with Crippen LogP contribution in [0.15, 0.2) is 40.1 Å². The van der Waals surface area contributed by atoms with Gasteiger partial charge in [-0.3, -0.25) is 9.59 Å². The highest BCUT2D eigenvalue weighted by Crippen LogP contribution is 2.45. The summed E-state index contributed by atoms with van der Waals surface area (Å²) in [4.78, 5) is 23.6. The van der Waals surface area contributed by atoms with E-state index in [9.17, 15) is 9.59 Å². The van der Waals surface area contributed by atoms with Crippen molar-refractivity contribution in [2.75, 3.05) is 5.08 Å². The van der Waals surface area contributed by atoms with Crippen molar-refractivity contribution in [3.63, 3.8) is 0 Å². The summed E-state index contributed by atoms with van der Waals surface area (Å²) in [5, 5.41) is 0.925. The number of Topliss-reactive ketones (excluding diaryl/α,β-unsaturated/α-hetero) is 2. The van der Waals surface area contributed by atoms with Gasteiger partial charge in [-0.2, -0.15) is 0 Å². The summed E-state index contributed by atoms with van der Waals surface area (Å²) in [6.45, 7) is 1.45. The molecule has 2 nitrogen and oxygen atoms in total. The van der Waals surface area contributed by atoms with Crippen molar-refractivity contribution < 1.29 is 9.59 Å². The Balaban J connectivity index is 2.36. The van der Waals surface area contributed by atoms with Crippen LogP contribution in [0.5, 0.6) is 0 Å². The first-order valence-corrected chi connectivity index (χ1v) is 6.78. The summed E-state index contributed by atoms with van der Waals surface area (Å²) in [5.74, 6) is -0.314. The molecule has 1 aliphatic rings. The minimum absolute atomic E-state index is 0.149. The van der Waals surface area contributed by atoms with Gasteiger partial charge in [-0.15, -0.1) is 23.5 Å². The van der Waals surface area contributed by atoms with Gasteiger partial charge in [0, 0.05) is 10.6 Å². The molecule has 0 N–H and O–H groups in total. The minimum atomic E-state index is -0.164. The van der Waals surface area contributed by atoms with Crippen LogP contribution >= 0.6 is 23.5 Å². The first-order valence-electron chi connectivity index (χ1n) is 4.80. The molecule has 0 radical (unpaired) electrons. The van der Waals surface area contributed by atoms with Crippen LogP contribution < -0.4 is 0 Å². The Bertz CT molecular complexity index is 457. The van der Waals surface area contributed by atoms with Crippen molar-refractivity contribution >= 4 is 35.1 Å². The first kappa shape index (κ1) is 11.5. The van der Waals surface area contributed by atoms with E-state index in [1.54, 1.807) is 47.8 Å². The van der Waals surface area contributed by atoms with Crippen molar-refractivity contribution in [3.05, 3.63) is 45.7 Å². The molecule has 0 aromatic heterocycles. The zero-order valence-corrected chi connectivity index (χ0v) is 10.4. The Labute approximate surface area is 102 Å². The summed E-state index contributed by atoms with van der Waals surface area (Å²) in [6, 6.07) is 8.93. The van der Waals surface area contributed by atoms with Crippen LogP contribution in [-0.4, -0.2) is 16.7 Å². The van der Waals surface area contributed by atoms with Crippen LogP contribution in [0.4, 0.5) is 0 Å². The van der Waals surface area contributed by atoms with Crippen molar-refractivity contribution in [2.24, 2.45) is 0 Å². The lowest BCUT2D eigenvalue weighted by Crippen LogP contribution is -2.14. The Kier molecular flexibility index (Phi) is 3.51. The highest BCUT2D eigenvalue weighted by atomic mass is 32.3. The second kappa shape index (κ2) is 4.89. The van der Waals surface area contributed by atoms with Crippen LogP contribution in [0.2, 0.25) is 0 Å². The fraction of sp³-hybridized carbons (Fsp3) is 0.167. The van der Waals surface area contributed by atoms with E-state index in [0.717, 1.165) is 9.32 Å². The molecule has 0 atom stereocenters. The lowest BCUT2D eigenvalue weighted by atomic mass is 10.0. The number of hydrogen-bond acceptors (Lipinski definition) is 4. The van der Waals surface area contributed by atoms with Gasteiger partial charge in [-0.1, -0.05) is 30.3 Å². The van der Waals surface area contributed by atoms with E-state index in [4.69, 9.17) is 0 Å². The molecule has 82 valence electrons. The van der Waals surface area contributed by atoms with Gasteiger partial charge < -0.3 is 0 Å². The molecule has 0 amide bonds. The van der Waals surface area contributed by atoms with E-state index in [-0.39, 0.29) is 11.6 Å². The molecule has 16 heavy (non-hydrogen) atoms. The quantitative estimate of drug-likeness (QED) is 0.357. The molecule has 1 aromatic rings. The molecule has 2 rings (SSSR count). The first-order chi connectivity index (χ1) is 7.70. The topological polar surface area (TPSA) is 34.1 Å². The number of carbonyl (C=O) groups excluding carboxylic acids is 2. The molecule has 1 fully saturated rings. The maximum Gasteiger partial charge on any atom is 0.198 e. The Morgan fingerprint density at radius 3 is 2.19 bits per heavy atom. The van der Waals surface area contributed by atoms with Crippen molar-refractivity contribution in [3.8, 4) is 0 Å². The average molecular weight is 250 g/mol. The van der Waals surface area contributed by atoms with Gasteiger partial charge in [0.25, 0.3) is 0 Å². The highest BCUT2D eigenvalue weighted by Gasteiger charge is 2.25. The lowest BCUT2D eigenvalue weighted by molar-refractivity contribution is -0.113. The summed E-state index contributed by atoms with van der Waals surface area (Å²) < 4.78 is 0.862. The molecular formula is C12H10O2S2. The van der Waals surface area contributed by atoms with Gasteiger partial charge >= 0.3 is 0 Å². The van der Waals surface area contributed by atoms with Gasteiger partial charge in [0.2, 0.25) is 0 Å². The zero-order chi connectivity index (χ0) is 11.5. The Hall–Kier alpha value is -1.000. The minimum Gasteiger partial charge on any atom is -0.294 e. The zero-order valence-electron chi connectivity index (χ0n) is 8.73. The number of benzene rings is 1. The molecule has 4 heteroatoms. The highest BCUT2D eigenvalue weighted by molar-refractivity contribution is 8.37. The molecule has 1 saturated heterocycles. The maximum atomic E-state index is 12.1. The summed E-state index contributed by atoms with van der Waals surface area (Å²) in [7, 11) is 0. The van der Waals surface area contributed by atoms with E-state index in [1.165, 1.54) is 6.92 Å². The van der Waals surface area contributed by atoms with Crippen LogP contribution in [0.3, 0.4) is 0 Å². The van der Waals surface area contributed by atoms with E-state index in [2.05, 4.69) is 0 Å². The second-order valence-electron chi connectivity index (χ2n) is 3.32. The predicted octanol–water partition coefficient (Wildman–Crippen LogP) is 3.11. The van der Waals surface area contributed by atoms with E-state index >= 15 is 0 Å². The van der Waals surface area contributed by atoms with Crippen LogP contribution in [0.25, 0.3) is 0 Å². The van der Waals surface area contributed by atoms with Crippen LogP contribution in [0.1, 0.15) is 17.3 Å². The third-order valence-corrected chi connectivity index (χ3v) is 4.78. The standard InChI is InChI=1S/C12H10O2S2/c1-8(13)10(12-15-7-16-12)11(14)9-5-3-2-4-6-9/h2-6H,7H2,1H3. The molecule has 0 saturated carbocycles. The van der Waals surface area contributed by atoms with Gasteiger partial charge in [-0.05, 0) is 6.92 Å². The Morgan fingerprint density at radius 2 is 1.75 bits per heavy atom. The number of thioether (sulfide) groups is 2. The third kappa shape index (κ3) is 2.23. The van der Waals surface area contributed by atoms with Crippen LogP contribution in [0, 0.1) is 0 Å². The van der Waals surface area contributed by atoms with Crippen molar-refractivity contribution in [1.82, 2.24) is 0 Å². The number of hydrogen-bond donors (Lipinski definition) is 0. The molecule has 1 heterocycles. The van der Waals surface area contributed by atoms with Gasteiger partial charge in [0.15, 0.2) is 11.6 Å². The van der Waals surface area contributed by atoms with Gasteiger partial charge in [0.05, 0.1) is 9.81 Å². The number of ketones is 2. The lowest BCUT2D eigenvalue weighted by Gasteiger charge is -2.18. The maximum absolute atomic E-state index is 12.1. The number of rotatable bonds is 3. The van der Waals surface area contributed by atoms with Crippen molar-refractivity contribution in [1.29, 1.82) is 0 Å². The predicted molar refractivity (Wildman–Crippen MR) is 68.5 cm³/mol. The fourth-order valence-corrected chi connectivity index (χ4v) is 3.10. The molecule has 1 aliphatic heterocycles. The normalized spacial score (nSPS) is 14.2. The SMILES string of the molecule is CC(=O)C(C(=O)c1ccccc1)=C1SCS1. The summed E-state index contributed by atoms with van der Waals surface area (Å²) >= 11 is 3.13. The summed E-state index contributed by atoms with van der Waals surface area (Å²) in [5.41, 5.74) is 0.917. The van der Waals surface area contributed by atoms with E-state index < -0.39 is 0 Å². The summed E-state index contributed by atoms with van der Waals surface area (Å²) in [6.07, 6.45) is 0. The number of allylic oxidation sites excluding steroid dienone is 1. The largest absolute Gasteiger partial charge is 0.294 e. The average Bonchev–Trinajstić information content (AvgIpc) is 2.23. The molecular weight excluding hydrogens is 240 g/mol. The second-order valence-corrected chi connectivity index (χ2v) is 5.92. The molecule has 0 bridgehead atoms. The smallest absolute Gasteiger partial charge is 0.198 e. The van der Waals surface area contributed by atoms with Gasteiger partial charge in [0.1, 0.15) is 0 Å². The fourth-order valence-electron chi connectivity index (χ4n) is 1.39. The molecule has 0 spiro atoms. The van der Waals surface area contributed by atoms with E-state index in [0.29, 0.717) is 11.1 Å². The Morgan fingerprint density at radius 1 is 1.12 bits per heavy atom. The monoisotopic (exact) mass is 250 g/mol. The molecule has 0 unspecified atom stereocenters. The molecule has 0 aliphatic carbocycles. The third-order valence-electron chi connectivity index (χ3n) is 2.20. The van der Waals surface area contributed by atoms with Crippen molar-refractivity contribution in [2.45, 2.75) is 6.92 Å².